The van der Waals surface area contributed by atoms with E-state index in [-0.39, 0.29) is 5.91 Å². The molecule has 0 fully saturated rings. The van der Waals surface area contributed by atoms with E-state index in [1.54, 1.807) is 6.20 Å². The molecule has 2 aromatic rings. The standard InChI is InChI=1S/C15H17N3O/c1-9(2)10-4-3-5-11-13(10)18-8-12-14(11)16-6-7-17-15(12)19/h3-5,8-9,16H,6-7H2,1-2H3,(H,17,19). The van der Waals surface area contributed by atoms with Crippen LogP contribution in [-0.4, -0.2) is 24.0 Å². The normalized spacial score (nSPS) is 14.8. The van der Waals surface area contributed by atoms with Crippen molar-refractivity contribution < 1.29 is 4.79 Å². The van der Waals surface area contributed by atoms with E-state index < -0.39 is 0 Å². The molecule has 4 nitrogen and oxygen atoms in total. The lowest BCUT2D eigenvalue weighted by Crippen LogP contribution is -2.24. The van der Waals surface area contributed by atoms with E-state index in [0.717, 1.165) is 23.1 Å². The van der Waals surface area contributed by atoms with Crippen LogP contribution in [0.5, 0.6) is 0 Å². The number of hydrogen-bond donors (Lipinski definition) is 2. The van der Waals surface area contributed by atoms with Crippen LogP contribution in [0.2, 0.25) is 0 Å². The molecule has 0 atom stereocenters. The van der Waals surface area contributed by atoms with Crippen LogP contribution < -0.4 is 10.6 Å². The highest BCUT2D eigenvalue weighted by Gasteiger charge is 2.19. The number of aromatic nitrogens is 1. The van der Waals surface area contributed by atoms with Gasteiger partial charge in [0.05, 0.1) is 16.8 Å². The van der Waals surface area contributed by atoms with Crippen molar-refractivity contribution in [3.05, 3.63) is 35.5 Å². The lowest BCUT2D eigenvalue weighted by Gasteiger charge is -2.13. The van der Waals surface area contributed by atoms with Gasteiger partial charge in [-0.2, -0.15) is 0 Å². The molecule has 98 valence electrons. The number of nitrogens with zero attached hydrogens (tertiary/aromatic N) is 1. The van der Waals surface area contributed by atoms with E-state index >= 15 is 0 Å². The van der Waals surface area contributed by atoms with Gasteiger partial charge in [-0.3, -0.25) is 9.78 Å². The summed E-state index contributed by atoms with van der Waals surface area (Å²) < 4.78 is 0. The van der Waals surface area contributed by atoms with Gasteiger partial charge in [-0.15, -0.1) is 0 Å². The van der Waals surface area contributed by atoms with Gasteiger partial charge < -0.3 is 10.6 Å². The minimum Gasteiger partial charge on any atom is -0.382 e. The van der Waals surface area contributed by atoms with E-state index in [9.17, 15) is 4.79 Å². The second-order valence-corrected chi connectivity index (χ2v) is 5.13. The number of hydrogen-bond acceptors (Lipinski definition) is 3. The van der Waals surface area contributed by atoms with Crippen molar-refractivity contribution in [3.63, 3.8) is 0 Å². The molecule has 0 bridgehead atoms. The van der Waals surface area contributed by atoms with Gasteiger partial charge in [0.1, 0.15) is 0 Å². The second-order valence-electron chi connectivity index (χ2n) is 5.13. The first kappa shape index (κ1) is 12.0. The molecule has 1 aliphatic heterocycles. The van der Waals surface area contributed by atoms with Crippen LogP contribution in [0, 0.1) is 0 Å². The first-order valence-electron chi connectivity index (χ1n) is 6.62. The lowest BCUT2D eigenvalue weighted by molar-refractivity contribution is 0.0958. The van der Waals surface area contributed by atoms with E-state index in [1.165, 1.54) is 5.56 Å². The Balaban J connectivity index is 2.31. The molecule has 0 saturated carbocycles. The molecule has 19 heavy (non-hydrogen) atoms. The maximum absolute atomic E-state index is 12.0. The van der Waals surface area contributed by atoms with E-state index in [1.807, 2.05) is 12.1 Å². The number of fused-ring (bicyclic) bond motifs is 3. The summed E-state index contributed by atoms with van der Waals surface area (Å²) in [4.78, 5) is 16.5. The van der Waals surface area contributed by atoms with Crippen LogP contribution in [0.3, 0.4) is 0 Å². The maximum atomic E-state index is 12.0. The fraction of sp³-hybridized carbons (Fsp3) is 0.333. The summed E-state index contributed by atoms with van der Waals surface area (Å²) in [6, 6.07) is 6.16. The maximum Gasteiger partial charge on any atom is 0.255 e. The van der Waals surface area contributed by atoms with Crippen LogP contribution in [0.15, 0.2) is 24.4 Å². The number of rotatable bonds is 1. The second kappa shape index (κ2) is 4.53. The summed E-state index contributed by atoms with van der Waals surface area (Å²) in [6.45, 7) is 5.69. The average Bonchev–Trinajstić information content (AvgIpc) is 2.60. The third-order valence-corrected chi connectivity index (χ3v) is 3.51. The van der Waals surface area contributed by atoms with E-state index in [2.05, 4.69) is 35.5 Å². The molecule has 3 rings (SSSR count). The monoisotopic (exact) mass is 255 g/mol. The Kier molecular flexibility index (Phi) is 2.85. The molecular formula is C15H17N3O. The van der Waals surface area contributed by atoms with Gasteiger partial charge >= 0.3 is 0 Å². The Morgan fingerprint density at radius 3 is 2.79 bits per heavy atom. The summed E-state index contributed by atoms with van der Waals surface area (Å²) >= 11 is 0. The number of pyridine rings is 1. The number of para-hydroxylation sites is 1. The predicted molar refractivity (Wildman–Crippen MR) is 76.7 cm³/mol. The molecule has 1 aromatic carbocycles. The number of carbonyl (C=O) groups excluding carboxylic acids is 1. The van der Waals surface area contributed by atoms with Gasteiger partial charge in [0.15, 0.2) is 0 Å². The van der Waals surface area contributed by atoms with Crippen LogP contribution >= 0.6 is 0 Å². The van der Waals surface area contributed by atoms with Crippen molar-refractivity contribution in [3.8, 4) is 0 Å². The number of amides is 1. The number of carbonyl (C=O) groups is 1. The summed E-state index contributed by atoms with van der Waals surface area (Å²) in [5, 5.41) is 7.23. The lowest BCUT2D eigenvalue weighted by atomic mass is 9.98. The molecule has 0 radical (unpaired) electrons. The molecular weight excluding hydrogens is 238 g/mol. The van der Waals surface area contributed by atoms with Crippen molar-refractivity contribution in [1.29, 1.82) is 0 Å². The molecule has 2 heterocycles. The van der Waals surface area contributed by atoms with Gasteiger partial charge in [-0.25, -0.2) is 0 Å². The van der Waals surface area contributed by atoms with Crippen LogP contribution in [0.25, 0.3) is 10.9 Å². The Labute approximate surface area is 112 Å². The van der Waals surface area contributed by atoms with Gasteiger partial charge in [0.2, 0.25) is 0 Å². The van der Waals surface area contributed by atoms with Gasteiger partial charge in [-0.05, 0) is 11.5 Å². The minimum absolute atomic E-state index is 0.0515. The van der Waals surface area contributed by atoms with Gasteiger partial charge in [0, 0.05) is 24.7 Å². The van der Waals surface area contributed by atoms with Crippen LogP contribution in [-0.2, 0) is 0 Å². The smallest absolute Gasteiger partial charge is 0.255 e. The van der Waals surface area contributed by atoms with Gasteiger partial charge in [-0.1, -0.05) is 32.0 Å². The topological polar surface area (TPSA) is 54.0 Å². The Hall–Kier alpha value is -2.10. The quantitative estimate of drug-likeness (QED) is 0.823. The van der Waals surface area contributed by atoms with Crippen molar-refractivity contribution in [2.24, 2.45) is 0 Å². The Bertz CT molecular complexity index is 649. The van der Waals surface area contributed by atoms with Crippen LogP contribution in [0.4, 0.5) is 5.69 Å². The number of benzene rings is 1. The first-order chi connectivity index (χ1) is 9.18. The van der Waals surface area contributed by atoms with Crippen molar-refractivity contribution in [2.45, 2.75) is 19.8 Å². The fourth-order valence-electron chi connectivity index (χ4n) is 2.53. The van der Waals surface area contributed by atoms with Gasteiger partial charge in [0.25, 0.3) is 5.91 Å². The summed E-state index contributed by atoms with van der Waals surface area (Å²) in [5.41, 5.74) is 3.73. The molecule has 0 aliphatic carbocycles. The molecule has 1 aromatic heterocycles. The third kappa shape index (κ3) is 1.93. The highest BCUT2D eigenvalue weighted by molar-refractivity contribution is 6.08. The molecule has 0 unspecified atom stereocenters. The molecule has 1 amide bonds. The molecule has 1 aliphatic rings. The first-order valence-corrected chi connectivity index (χ1v) is 6.62. The number of nitrogens with one attached hydrogen (secondary N) is 2. The highest BCUT2D eigenvalue weighted by Crippen LogP contribution is 2.31. The number of anilines is 1. The molecule has 0 spiro atoms. The fourth-order valence-corrected chi connectivity index (χ4v) is 2.53. The Morgan fingerprint density at radius 1 is 1.21 bits per heavy atom. The highest BCUT2D eigenvalue weighted by atomic mass is 16.1. The third-order valence-electron chi connectivity index (χ3n) is 3.51. The molecule has 0 saturated heterocycles. The van der Waals surface area contributed by atoms with E-state index in [0.29, 0.717) is 18.0 Å². The predicted octanol–water partition coefficient (Wildman–Crippen LogP) is 2.51. The summed E-state index contributed by atoms with van der Waals surface area (Å²) in [5.74, 6) is 0.359. The molecule has 2 N–H and O–H groups in total. The summed E-state index contributed by atoms with van der Waals surface area (Å²) in [6.07, 6.45) is 1.68. The van der Waals surface area contributed by atoms with Crippen molar-refractivity contribution in [1.82, 2.24) is 10.3 Å². The zero-order valence-corrected chi connectivity index (χ0v) is 11.2. The van der Waals surface area contributed by atoms with Crippen LogP contribution in [0.1, 0.15) is 35.7 Å². The zero-order chi connectivity index (χ0) is 13.4. The zero-order valence-electron chi connectivity index (χ0n) is 11.2. The minimum atomic E-state index is -0.0515. The van der Waals surface area contributed by atoms with Crippen molar-refractivity contribution >= 4 is 22.5 Å². The average molecular weight is 255 g/mol. The van der Waals surface area contributed by atoms with Crippen molar-refractivity contribution in [2.75, 3.05) is 18.4 Å². The summed E-state index contributed by atoms with van der Waals surface area (Å²) in [7, 11) is 0. The largest absolute Gasteiger partial charge is 0.382 e. The van der Waals surface area contributed by atoms with E-state index in [4.69, 9.17) is 0 Å². The Morgan fingerprint density at radius 2 is 2.00 bits per heavy atom. The molecule has 4 heteroatoms. The SMILES string of the molecule is CC(C)c1cccc2c3c(cnc12)C(=O)NCCN3.